The van der Waals surface area contributed by atoms with Crippen molar-refractivity contribution in [3.05, 3.63) is 31.2 Å². The molecule has 0 aromatic rings. The number of hydrogen-bond donors (Lipinski definition) is 0. The van der Waals surface area contributed by atoms with Gasteiger partial charge >= 0.3 is 80.7 Å². The van der Waals surface area contributed by atoms with E-state index >= 15 is 0 Å². The molecule has 0 aliphatic carbocycles. The predicted molar refractivity (Wildman–Crippen MR) is 50.7 cm³/mol. The van der Waals surface area contributed by atoms with Gasteiger partial charge in [-0.15, -0.1) is 0 Å². The minimum atomic E-state index is -1.23. The van der Waals surface area contributed by atoms with Gasteiger partial charge in [-0.2, -0.15) is 0 Å². The van der Waals surface area contributed by atoms with Gasteiger partial charge in [0, 0.05) is 0 Å². The van der Waals surface area contributed by atoms with Gasteiger partial charge in [-0.05, 0) is 0 Å². The van der Waals surface area contributed by atoms with Crippen LogP contribution >= 0.6 is 34.8 Å². The van der Waals surface area contributed by atoms with Crippen LogP contribution in [0, 0.1) is 0 Å². The molecule has 0 spiro atoms. The van der Waals surface area contributed by atoms with Crippen LogP contribution < -0.4 is 0 Å². The summed E-state index contributed by atoms with van der Waals surface area (Å²) in [7, 11) is 0. The molecule has 56 valence electrons. The van der Waals surface area contributed by atoms with Gasteiger partial charge < -0.3 is 0 Å². The Balaban J connectivity index is 3.97. The second-order valence-corrected chi connectivity index (χ2v) is 5.78. The Morgan fingerprint density at radius 3 is 1.20 bits per heavy atom. The van der Waals surface area contributed by atoms with Gasteiger partial charge in [-0.25, -0.2) is 0 Å². The topological polar surface area (TPSA) is 0 Å². The molecular weight excluding hydrogens is 253 g/mol. The van der Waals surface area contributed by atoms with Crippen LogP contribution in [-0.2, 0) is 0 Å². The van der Waals surface area contributed by atoms with Crippen molar-refractivity contribution >= 4 is 49.5 Å². The van der Waals surface area contributed by atoms with Gasteiger partial charge in [0.1, 0.15) is 0 Å². The molecule has 0 saturated heterocycles. The van der Waals surface area contributed by atoms with Crippen LogP contribution in [0.25, 0.3) is 0 Å². The summed E-state index contributed by atoms with van der Waals surface area (Å²) in [5, 5.41) is 0. The Hall–Kier alpha value is 0.648. The Morgan fingerprint density at radius 2 is 1.00 bits per heavy atom. The third-order valence-corrected chi connectivity index (χ3v) is 5.32. The Morgan fingerprint density at radius 1 is 0.700 bits per heavy atom. The first-order valence-corrected chi connectivity index (χ1v) is 6.99. The molecule has 0 aromatic carbocycles. The van der Waals surface area contributed by atoms with Crippen LogP contribution in [0.4, 0.5) is 0 Å². The minimum absolute atomic E-state index is 1.23. The molecule has 0 amide bonds. The van der Waals surface area contributed by atoms with Gasteiger partial charge in [-0.3, -0.25) is 0 Å². The van der Waals surface area contributed by atoms with E-state index in [4.69, 9.17) is 34.8 Å². The van der Waals surface area contributed by atoms with Gasteiger partial charge in [0.15, 0.2) is 0 Å². The average Bonchev–Trinajstić information content (AvgIpc) is 1.90. The Labute approximate surface area is 80.4 Å². The Kier molecular flexibility index (Phi) is 8.25. The molecule has 0 aromatic heterocycles. The summed E-state index contributed by atoms with van der Waals surface area (Å²) in [5.74, 6) is 0. The van der Waals surface area contributed by atoms with E-state index in [0.717, 1.165) is 0 Å². The summed E-state index contributed by atoms with van der Waals surface area (Å²) >= 11 is 14.9. The summed E-state index contributed by atoms with van der Waals surface area (Å²) in [6, 6.07) is 0. The van der Waals surface area contributed by atoms with Gasteiger partial charge in [-0.1, -0.05) is 0 Å². The standard InChI is InChI=1S/C6H6AsCl3/c8-4-1-7(2-5-9)3-6-10/h1-6H/b4-1+,5-2+,6-3+. The predicted octanol–water partition coefficient (Wildman–Crippen LogP) is 3.36. The molecule has 0 atom stereocenters. The SMILES string of the molecule is Cl/C=C/[As](/C=C/Cl)/C=C/Cl. The van der Waals surface area contributed by atoms with Crippen LogP contribution in [0.3, 0.4) is 0 Å². The first kappa shape index (κ1) is 10.6. The van der Waals surface area contributed by atoms with Crippen LogP contribution in [0.1, 0.15) is 0 Å². The Bertz CT molecular complexity index is 123. The molecule has 0 aliphatic rings. The summed E-state index contributed by atoms with van der Waals surface area (Å²) in [6.45, 7) is 0. The quantitative estimate of drug-likeness (QED) is 0.682. The van der Waals surface area contributed by atoms with Crippen LogP contribution in [0.2, 0.25) is 0 Å². The third kappa shape index (κ3) is 5.43. The maximum absolute atomic E-state index is 5.37. The average molecular weight is 259 g/mol. The molecule has 10 heavy (non-hydrogen) atoms. The molecule has 0 N–H and O–H groups in total. The van der Waals surface area contributed by atoms with Crippen molar-refractivity contribution < 1.29 is 0 Å². The number of rotatable bonds is 3. The summed E-state index contributed by atoms with van der Waals surface area (Å²) < 4.78 is 0. The van der Waals surface area contributed by atoms with Crippen molar-refractivity contribution in [3.63, 3.8) is 0 Å². The van der Waals surface area contributed by atoms with E-state index in [-0.39, 0.29) is 0 Å². The van der Waals surface area contributed by atoms with E-state index in [9.17, 15) is 0 Å². The number of hydrogen-bond acceptors (Lipinski definition) is 0. The maximum atomic E-state index is 5.37. The van der Waals surface area contributed by atoms with Crippen LogP contribution in [0.15, 0.2) is 31.2 Å². The molecule has 0 nitrogen and oxygen atoms in total. The first-order valence-electron chi connectivity index (χ1n) is 2.43. The first-order chi connectivity index (χ1) is 4.85. The fourth-order valence-corrected chi connectivity index (χ4v) is 3.82. The van der Waals surface area contributed by atoms with Crippen molar-refractivity contribution in [2.75, 3.05) is 0 Å². The zero-order valence-electron chi connectivity index (χ0n) is 5.05. The molecular formula is C6H6AsCl3. The van der Waals surface area contributed by atoms with E-state index < -0.39 is 14.7 Å². The zero-order valence-corrected chi connectivity index (χ0v) is 9.19. The van der Waals surface area contributed by atoms with Crippen molar-refractivity contribution in [2.45, 2.75) is 0 Å². The monoisotopic (exact) mass is 258 g/mol. The molecule has 0 fully saturated rings. The van der Waals surface area contributed by atoms with Crippen molar-refractivity contribution in [3.8, 4) is 0 Å². The normalized spacial score (nSPS) is 13.2. The fourth-order valence-electron chi connectivity index (χ4n) is 0.344. The summed E-state index contributed by atoms with van der Waals surface area (Å²) in [5.41, 5.74) is 4.48. The molecule has 0 rings (SSSR count). The van der Waals surface area contributed by atoms with Crippen molar-refractivity contribution in [1.29, 1.82) is 0 Å². The third-order valence-electron chi connectivity index (χ3n) is 0.685. The van der Waals surface area contributed by atoms with E-state index in [0.29, 0.717) is 0 Å². The second kappa shape index (κ2) is 7.75. The van der Waals surface area contributed by atoms with Crippen LogP contribution in [0.5, 0.6) is 0 Å². The van der Waals surface area contributed by atoms with Gasteiger partial charge in [0.25, 0.3) is 0 Å². The van der Waals surface area contributed by atoms with Crippen LogP contribution in [-0.4, -0.2) is 14.7 Å². The van der Waals surface area contributed by atoms with E-state index in [2.05, 4.69) is 0 Å². The summed E-state index contributed by atoms with van der Waals surface area (Å²) in [6.07, 6.45) is 0. The van der Waals surface area contributed by atoms with Crippen molar-refractivity contribution in [2.24, 2.45) is 0 Å². The molecule has 4 heteroatoms. The van der Waals surface area contributed by atoms with E-state index in [1.54, 1.807) is 0 Å². The molecule has 0 bridgehead atoms. The molecule has 0 unspecified atom stereocenters. The van der Waals surface area contributed by atoms with Crippen molar-refractivity contribution in [1.82, 2.24) is 0 Å². The zero-order chi connectivity index (χ0) is 7.82. The van der Waals surface area contributed by atoms with E-state index in [1.807, 2.05) is 14.6 Å². The summed E-state index contributed by atoms with van der Waals surface area (Å²) in [4.78, 5) is 5.73. The molecule has 0 saturated carbocycles. The van der Waals surface area contributed by atoms with E-state index in [1.165, 1.54) is 16.6 Å². The second-order valence-electron chi connectivity index (χ2n) is 1.27. The van der Waals surface area contributed by atoms with Gasteiger partial charge in [0.2, 0.25) is 0 Å². The fraction of sp³-hybridized carbons (Fsp3) is 0. The molecule has 0 aliphatic heterocycles. The molecule has 0 radical (unpaired) electrons. The number of halogens is 3. The molecule has 0 heterocycles. The van der Waals surface area contributed by atoms with Gasteiger partial charge in [0.05, 0.1) is 0 Å².